The molecule has 0 saturated carbocycles. The van der Waals surface area contributed by atoms with E-state index in [9.17, 15) is 0 Å². The summed E-state index contributed by atoms with van der Waals surface area (Å²) in [6.45, 7) is 4.27. The van der Waals surface area contributed by atoms with Crippen molar-refractivity contribution in [2.24, 2.45) is 0 Å². The number of nitrogens with zero attached hydrogens (tertiary/aromatic N) is 2. The maximum absolute atomic E-state index is 6.81. The minimum Gasteiger partial charge on any atom is -0.485 e. The highest BCUT2D eigenvalue weighted by Crippen LogP contribution is 2.44. The first kappa shape index (κ1) is 33.5. The van der Waals surface area contributed by atoms with Crippen LogP contribution in [0.5, 0.6) is 5.75 Å². The van der Waals surface area contributed by atoms with Crippen molar-refractivity contribution >= 4 is 43.8 Å². The number of ether oxygens (including phenoxy) is 1. The van der Waals surface area contributed by atoms with E-state index >= 15 is 0 Å². The van der Waals surface area contributed by atoms with Gasteiger partial charge >= 0.3 is 0 Å². The number of fused-ring (bicyclic) bond motifs is 7. The molecule has 3 heteroatoms. The van der Waals surface area contributed by atoms with Gasteiger partial charge in [0.05, 0.1) is 16.6 Å². The third-order valence-corrected chi connectivity index (χ3v) is 12.3. The Morgan fingerprint density at radius 1 is 0.614 bits per heavy atom. The third-order valence-electron chi connectivity index (χ3n) is 12.3. The number of rotatable bonds is 8. The number of para-hydroxylation sites is 2. The molecule has 6 aromatic carbocycles. The molecule has 0 N–H and O–H groups in total. The zero-order chi connectivity index (χ0) is 37.9. The molecule has 2 atom stereocenters. The Hall–Kier alpha value is -6.84. The van der Waals surface area contributed by atoms with Crippen molar-refractivity contribution in [2.75, 3.05) is 4.90 Å². The zero-order valence-electron chi connectivity index (χ0n) is 31.8. The molecule has 2 aromatic heterocycles. The molecule has 2 unspecified atom stereocenters. The second kappa shape index (κ2) is 13.7. The topological polar surface area (TPSA) is 16.9 Å². The van der Waals surface area contributed by atoms with E-state index in [1.165, 1.54) is 77.2 Å². The SMILES string of the molecule is C=CC1c2ccc(-c3ccc4c(c3)c3cccc5c6ccccc6n4c53)cc2OC1/C=C/N(C1=CC=C(C2=CC=CCC2)CC1)c1ccc(-c2ccccc2)cc1. The Labute approximate surface area is 333 Å². The number of hydrogen-bond acceptors (Lipinski definition) is 2. The summed E-state index contributed by atoms with van der Waals surface area (Å²) in [5, 5.41) is 5.17. The van der Waals surface area contributed by atoms with Crippen molar-refractivity contribution in [2.45, 2.75) is 37.7 Å². The molecule has 11 rings (SSSR count). The summed E-state index contributed by atoms with van der Waals surface area (Å²) in [4.78, 5) is 2.35. The molecule has 0 radical (unpaired) electrons. The van der Waals surface area contributed by atoms with Gasteiger partial charge in [-0.25, -0.2) is 0 Å². The fraction of sp³-hybridized carbons (Fsp3) is 0.111. The van der Waals surface area contributed by atoms with Gasteiger partial charge in [0.1, 0.15) is 11.9 Å². The lowest BCUT2D eigenvalue weighted by Crippen LogP contribution is -2.20. The van der Waals surface area contributed by atoms with Crippen LogP contribution in [0.1, 0.15) is 37.2 Å². The van der Waals surface area contributed by atoms with Gasteiger partial charge in [-0.2, -0.15) is 0 Å². The van der Waals surface area contributed by atoms with Gasteiger partial charge in [-0.1, -0.05) is 127 Å². The Bertz CT molecular complexity index is 3010. The van der Waals surface area contributed by atoms with Gasteiger partial charge in [0.25, 0.3) is 0 Å². The summed E-state index contributed by atoms with van der Waals surface area (Å²) in [6.07, 6.45) is 21.9. The van der Waals surface area contributed by atoms with Crippen molar-refractivity contribution in [1.29, 1.82) is 0 Å². The summed E-state index contributed by atoms with van der Waals surface area (Å²) in [6, 6.07) is 48.5. The molecule has 1 aliphatic heterocycles. The highest BCUT2D eigenvalue weighted by molar-refractivity contribution is 6.23. The van der Waals surface area contributed by atoms with Gasteiger partial charge in [0.2, 0.25) is 0 Å². The molecule has 0 saturated heterocycles. The lowest BCUT2D eigenvalue weighted by molar-refractivity contribution is 0.270. The van der Waals surface area contributed by atoms with Crippen LogP contribution in [0, 0.1) is 0 Å². The first-order valence-electron chi connectivity index (χ1n) is 20.2. The Kier molecular flexibility index (Phi) is 8.06. The first-order chi connectivity index (χ1) is 28.2. The van der Waals surface area contributed by atoms with E-state index in [0.29, 0.717) is 0 Å². The maximum Gasteiger partial charge on any atom is 0.129 e. The van der Waals surface area contributed by atoms with E-state index in [-0.39, 0.29) is 12.0 Å². The van der Waals surface area contributed by atoms with Crippen LogP contribution in [0.3, 0.4) is 0 Å². The van der Waals surface area contributed by atoms with Crippen molar-refractivity contribution in [3.05, 3.63) is 211 Å². The molecule has 3 aliphatic rings. The molecule has 0 amide bonds. The standard InChI is InChI=1S/C54H42N2O/c1-2-44-46-30-24-41(40-25-31-51-49(34-40)48-18-11-17-47-45-16-9-10-19-50(45)56(51)54(47)48)35-53(46)57-52(44)32-33-55(42-26-20-38(21-27-42)36-12-5-3-6-13-36)43-28-22-39(23-29-43)37-14-7-4-8-15-37/h2-7,9-14,16-22,24-28,30-35,44,52H,1,8,15,23,29H2/b33-32+. The lowest BCUT2D eigenvalue weighted by atomic mass is 9.90. The minimum absolute atomic E-state index is 0.0440. The van der Waals surface area contributed by atoms with Crippen LogP contribution >= 0.6 is 0 Å². The summed E-state index contributed by atoms with van der Waals surface area (Å²) >= 11 is 0. The average molecular weight is 735 g/mol. The van der Waals surface area contributed by atoms with E-state index in [2.05, 4.69) is 192 Å². The number of benzene rings is 6. The predicted octanol–water partition coefficient (Wildman–Crippen LogP) is 14.1. The molecule has 3 heterocycles. The van der Waals surface area contributed by atoms with Crippen LogP contribution < -0.4 is 9.64 Å². The highest BCUT2D eigenvalue weighted by Gasteiger charge is 2.31. The maximum atomic E-state index is 6.81. The van der Waals surface area contributed by atoms with Crippen LogP contribution in [0.2, 0.25) is 0 Å². The number of allylic oxidation sites excluding steroid dienone is 8. The fourth-order valence-electron chi connectivity index (χ4n) is 9.45. The van der Waals surface area contributed by atoms with E-state index in [1.807, 2.05) is 6.08 Å². The van der Waals surface area contributed by atoms with Crippen molar-refractivity contribution in [3.63, 3.8) is 0 Å². The van der Waals surface area contributed by atoms with Gasteiger partial charge in [-0.3, -0.25) is 0 Å². The summed E-state index contributed by atoms with van der Waals surface area (Å²) in [5.74, 6) is 0.965. The van der Waals surface area contributed by atoms with Crippen LogP contribution in [-0.4, -0.2) is 10.5 Å². The molecule has 0 bridgehead atoms. The van der Waals surface area contributed by atoms with Crippen LogP contribution in [-0.2, 0) is 0 Å². The minimum atomic E-state index is -0.176. The lowest BCUT2D eigenvalue weighted by Gasteiger charge is -2.28. The second-order valence-electron chi connectivity index (χ2n) is 15.5. The normalized spacial score (nSPS) is 17.9. The monoisotopic (exact) mass is 734 g/mol. The van der Waals surface area contributed by atoms with Gasteiger partial charge in [0, 0.05) is 50.6 Å². The molecule has 274 valence electrons. The molecule has 0 spiro atoms. The number of hydrogen-bond donors (Lipinski definition) is 0. The van der Waals surface area contributed by atoms with Crippen LogP contribution in [0.25, 0.3) is 60.3 Å². The highest BCUT2D eigenvalue weighted by atomic mass is 16.5. The smallest absolute Gasteiger partial charge is 0.129 e. The third kappa shape index (κ3) is 5.65. The van der Waals surface area contributed by atoms with Crippen molar-refractivity contribution in [1.82, 2.24) is 4.40 Å². The molecular weight excluding hydrogens is 693 g/mol. The van der Waals surface area contributed by atoms with Gasteiger partial charge in [-0.05, 0) is 108 Å². The summed E-state index contributed by atoms with van der Waals surface area (Å²) < 4.78 is 9.24. The first-order valence-corrected chi connectivity index (χ1v) is 20.2. The second-order valence-corrected chi connectivity index (χ2v) is 15.5. The Balaban J connectivity index is 0.916. The quantitative estimate of drug-likeness (QED) is 0.145. The Morgan fingerprint density at radius 2 is 1.33 bits per heavy atom. The van der Waals surface area contributed by atoms with Crippen LogP contribution in [0.4, 0.5) is 5.69 Å². The van der Waals surface area contributed by atoms with Gasteiger partial charge < -0.3 is 14.0 Å². The van der Waals surface area contributed by atoms with Gasteiger partial charge in [-0.15, -0.1) is 6.58 Å². The molecule has 0 fully saturated rings. The van der Waals surface area contributed by atoms with Crippen LogP contribution in [0.15, 0.2) is 206 Å². The molecule has 57 heavy (non-hydrogen) atoms. The van der Waals surface area contributed by atoms with E-state index in [1.54, 1.807) is 0 Å². The largest absolute Gasteiger partial charge is 0.485 e. The average Bonchev–Trinajstić information content (AvgIpc) is 3.93. The van der Waals surface area contributed by atoms with Crippen molar-refractivity contribution < 1.29 is 4.74 Å². The fourth-order valence-corrected chi connectivity index (χ4v) is 9.45. The molecule has 8 aromatic rings. The summed E-state index contributed by atoms with van der Waals surface area (Å²) in [7, 11) is 0. The van der Waals surface area contributed by atoms with E-state index in [0.717, 1.165) is 42.7 Å². The van der Waals surface area contributed by atoms with Gasteiger partial charge in [0.15, 0.2) is 0 Å². The molecule has 2 aliphatic carbocycles. The molecular formula is C54H42N2O. The van der Waals surface area contributed by atoms with E-state index < -0.39 is 0 Å². The summed E-state index contributed by atoms with van der Waals surface area (Å²) in [5.41, 5.74) is 15.1. The Morgan fingerprint density at radius 3 is 2.14 bits per heavy atom. The number of anilines is 1. The zero-order valence-corrected chi connectivity index (χ0v) is 31.8. The van der Waals surface area contributed by atoms with E-state index in [4.69, 9.17) is 4.74 Å². The predicted molar refractivity (Wildman–Crippen MR) is 239 cm³/mol. The number of aromatic nitrogens is 1. The van der Waals surface area contributed by atoms with Crippen molar-refractivity contribution in [3.8, 4) is 28.0 Å². The molecule has 3 nitrogen and oxygen atoms in total.